The minimum Gasteiger partial charge on any atom is -0.481 e. The Kier molecular flexibility index (Phi) is 4.38. The van der Waals surface area contributed by atoms with Gasteiger partial charge in [0.1, 0.15) is 0 Å². The Hall–Kier alpha value is -2.18. The zero-order valence-corrected chi connectivity index (χ0v) is 8.85. The Bertz CT molecular complexity index is 436. The third kappa shape index (κ3) is 4.06. The lowest BCUT2D eigenvalue weighted by Crippen LogP contribution is -2.06. The summed E-state index contributed by atoms with van der Waals surface area (Å²) >= 11 is 0. The first-order valence-electron chi connectivity index (χ1n) is 4.90. The number of hydrogen-bond acceptors (Lipinski definition) is 4. The van der Waals surface area contributed by atoms with Crippen molar-refractivity contribution in [3.8, 4) is 0 Å². The summed E-state index contributed by atoms with van der Waals surface area (Å²) in [4.78, 5) is 19.9. The first-order valence-corrected chi connectivity index (χ1v) is 4.90. The Morgan fingerprint density at radius 1 is 1.53 bits per heavy atom. The number of hydrogen-bond donors (Lipinski definition) is 2. The fraction of sp³-hybridized carbons (Fsp3) is 0.300. The van der Waals surface area contributed by atoms with Crippen LogP contribution in [0.25, 0.3) is 0 Å². The van der Waals surface area contributed by atoms with Crippen molar-refractivity contribution in [3.63, 3.8) is 0 Å². The van der Waals surface area contributed by atoms with Crippen molar-refractivity contribution < 1.29 is 19.2 Å². The molecule has 0 saturated heterocycles. The molecule has 6 nitrogen and oxygen atoms in total. The van der Waals surface area contributed by atoms with Gasteiger partial charge in [0, 0.05) is 19.0 Å². The van der Waals surface area contributed by atoms with Gasteiger partial charge in [0.15, 0.2) is 5.82 Å². The molecule has 0 fully saturated rings. The fourth-order valence-corrected chi connectivity index (χ4v) is 1.22. The highest BCUT2D eigenvalue weighted by atomic mass is 19.1. The number of carboxylic acids is 1. The summed E-state index contributed by atoms with van der Waals surface area (Å²) in [6, 6.07) is 3.26. The Morgan fingerprint density at radius 3 is 2.76 bits per heavy atom. The van der Waals surface area contributed by atoms with Crippen molar-refractivity contribution >= 4 is 17.3 Å². The van der Waals surface area contributed by atoms with Gasteiger partial charge in [-0.05, 0) is 12.5 Å². The standard InChI is InChI=1S/C10H11FN2O4/c11-8-6-7(13(16)17)3-4-9(8)12-5-1-2-10(14)15/h3-4,6,12H,1-2,5H2,(H,14,15). The summed E-state index contributed by atoms with van der Waals surface area (Å²) in [6.07, 6.45) is 0.341. The zero-order valence-electron chi connectivity index (χ0n) is 8.85. The highest BCUT2D eigenvalue weighted by Gasteiger charge is 2.10. The minimum absolute atomic E-state index is 0.0123. The molecule has 92 valence electrons. The molecule has 0 heterocycles. The van der Waals surface area contributed by atoms with Crippen LogP contribution in [0.4, 0.5) is 15.8 Å². The molecule has 0 aromatic heterocycles. The summed E-state index contributed by atoms with van der Waals surface area (Å²) in [5.41, 5.74) is -0.195. The van der Waals surface area contributed by atoms with E-state index in [1.165, 1.54) is 12.1 Å². The molecule has 2 N–H and O–H groups in total. The predicted molar refractivity (Wildman–Crippen MR) is 58.4 cm³/mol. The molecule has 1 aromatic carbocycles. The third-order valence-electron chi connectivity index (χ3n) is 2.05. The number of benzene rings is 1. The molecule has 1 aromatic rings. The van der Waals surface area contributed by atoms with Crippen LogP contribution in [0, 0.1) is 15.9 Å². The number of carboxylic acid groups (broad SMARTS) is 1. The second-order valence-electron chi connectivity index (χ2n) is 3.35. The number of non-ortho nitro benzene ring substituents is 1. The zero-order chi connectivity index (χ0) is 12.8. The van der Waals surface area contributed by atoms with E-state index >= 15 is 0 Å². The molecule has 0 aliphatic heterocycles. The Morgan fingerprint density at radius 2 is 2.24 bits per heavy atom. The highest BCUT2D eigenvalue weighted by molar-refractivity contribution is 5.66. The third-order valence-corrected chi connectivity index (χ3v) is 2.05. The molecule has 7 heteroatoms. The molecule has 0 atom stereocenters. The second kappa shape index (κ2) is 5.78. The molecule has 17 heavy (non-hydrogen) atoms. The number of nitro groups is 1. The first kappa shape index (κ1) is 12.9. The number of nitrogens with one attached hydrogen (secondary N) is 1. The van der Waals surface area contributed by atoms with Gasteiger partial charge in [-0.3, -0.25) is 14.9 Å². The maximum absolute atomic E-state index is 13.3. The molecule has 0 bridgehead atoms. The number of aliphatic carboxylic acids is 1. The first-order chi connectivity index (χ1) is 8.00. The maximum Gasteiger partial charge on any atom is 0.303 e. The van der Waals surface area contributed by atoms with Crippen LogP contribution in [-0.4, -0.2) is 22.5 Å². The lowest BCUT2D eigenvalue weighted by Gasteiger charge is -2.06. The van der Waals surface area contributed by atoms with Gasteiger partial charge in [-0.25, -0.2) is 4.39 Å². The quantitative estimate of drug-likeness (QED) is 0.452. The van der Waals surface area contributed by atoms with Crippen LogP contribution < -0.4 is 5.32 Å². The minimum atomic E-state index is -0.920. The topological polar surface area (TPSA) is 92.5 Å². The molecule has 0 amide bonds. The summed E-state index contributed by atoms with van der Waals surface area (Å²) in [6.45, 7) is 0.293. The van der Waals surface area contributed by atoms with E-state index in [0.29, 0.717) is 13.0 Å². The lowest BCUT2D eigenvalue weighted by molar-refractivity contribution is -0.385. The van der Waals surface area contributed by atoms with Crippen LogP contribution >= 0.6 is 0 Å². The average molecular weight is 242 g/mol. The summed E-state index contributed by atoms with van der Waals surface area (Å²) in [5.74, 6) is -1.65. The normalized spacial score (nSPS) is 9.94. The van der Waals surface area contributed by atoms with Crippen molar-refractivity contribution in [2.75, 3.05) is 11.9 Å². The van der Waals surface area contributed by atoms with E-state index in [2.05, 4.69) is 5.32 Å². The van der Waals surface area contributed by atoms with Gasteiger partial charge < -0.3 is 10.4 Å². The number of carbonyl (C=O) groups is 1. The van der Waals surface area contributed by atoms with Crippen LogP contribution in [0.5, 0.6) is 0 Å². The molecule has 1 rings (SSSR count). The number of nitro benzene ring substituents is 1. The van der Waals surface area contributed by atoms with Crippen LogP contribution in [0.1, 0.15) is 12.8 Å². The largest absolute Gasteiger partial charge is 0.481 e. The predicted octanol–water partition coefficient (Wildman–Crippen LogP) is 2.01. The Balaban J connectivity index is 2.54. The van der Waals surface area contributed by atoms with Crippen molar-refractivity contribution in [3.05, 3.63) is 34.1 Å². The van der Waals surface area contributed by atoms with E-state index in [4.69, 9.17) is 5.11 Å². The van der Waals surface area contributed by atoms with Gasteiger partial charge in [0.2, 0.25) is 0 Å². The van der Waals surface area contributed by atoms with E-state index in [0.717, 1.165) is 6.07 Å². The second-order valence-corrected chi connectivity index (χ2v) is 3.35. The van der Waals surface area contributed by atoms with E-state index in [1.807, 2.05) is 0 Å². The van der Waals surface area contributed by atoms with Gasteiger partial charge >= 0.3 is 5.97 Å². The van der Waals surface area contributed by atoms with Crippen LogP contribution in [0.2, 0.25) is 0 Å². The molecular weight excluding hydrogens is 231 g/mol. The van der Waals surface area contributed by atoms with Gasteiger partial charge in [0.25, 0.3) is 5.69 Å². The van der Waals surface area contributed by atoms with Gasteiger partial charge in [0.05, 0.1) is 16.7 Å². The van der Waals surface area contributed by atoms with E-state index < -0.39 is 16.7 Å². The van der Waals surface area contributed by atoms with Gasteiger partial charge in [-0.15, -0.1) is 0 Å². The van der Waals surface area contributed by atoms with E-state index in [9.17, 15) is 19.3 Å². The smallest absolute Gasteiger partial charge is 0.303 e. The Labute approximate surface area is 96.2 Å². The summed E-state index contributed by atoms with van der Waals surface area (Å²) in [5, 5.41) is 21.4. The highest BCUT2D eigenvalue weighted by Crippen LogP contribution is 2.20. The van der Waals surface area contributed by atoms with E-state index in [-0.39, 0.29) is 17.8 Å². The SMILES string of the molecule is O=C(O)CCCNc1ccc([N+](=O)[O-])cc1F. The molecular formula is C10H11FN2O4. The number of anilines is 1. The average Bonchev–Trinajstić information content (AvgIpc) is 2.25. The molecule has 0 unspecified atom stereocenters. The lowest BCUT2D eigenvalue weighted by atomic mass is 10.2. The summed E-state index contributed by atoms with van der Waals surface area (Å²) < 4.78 is 13.3. The van der Waals surface area contributed by atoms with Crippen LogP contribution in [0.15, 0.2) is 18.2 Å². The molecule has 0 aliphatic carbocycles. The number of nitrogens with zero attached hydrogens (tertiary/aromatic N) is 1. The van der Waals surface area contributed by atoms with Crippen LogP contribution in [0.3, 0.4) is 0 Å². The molecule has 0 radical (unpaired) electrons. The fourth-order valence-electron chi connectivity index (χ4n) is 1.22. The van der Waals surface area contributed by atoms with E-state index in [1.54, 1.807) is 0 Å². The van der Waals surface area contributed by atoms with Crippen molar-refractivity contribution in [2.45, 2.75) is 12.8 Å². The maximum atomic E-state index is 13.3. The molecule has 0 aliphatic rings. The molecule has 0 spiro atoms. The number of rotatable bonds is 6. The van der Waals surface area contributed by atoms with Crippen molar-refractivity contribution in [1.82, 2.24) is 0 Å². The monoisotopic (exact) mass is 242 g/mol. The number of halogens is 1. The molecule has 0 saturated carbocycles. The van der Waals surface area contributed by atoms with Crippen molar-refractivity contribution in [1.29, 1.82) is 0 Å². The van der Waals surface area contributed by atoms with Gasteiger partial charge in [-0.2, -0.15) is 0 Å². The van der Waals surface area contributed by atoms with Crippen molar-refractivity contribution in [2.24, 2.45) is 0 Å². The van der Waals surface area contributed by atoms with Crippen LogP contribution in [-0.2, 0) is 4.79 Å². The summed E-state index contributed by atoms with van der Waals surface area (Å²) in [7, 11) is 0. The van der Waals surface area contributed by atoms with Gasteiger partial charge in [-0.1, -0.05) is 0 Å².